The number of rotatable bonds is 10. The van der Waals surface area contributed by atoms with Crippen molar-refractivity contribution < 1.29 is 24.6 Å². The summed E-state index contributed by atoms with van der Waals surface area (Å²) in [6.45, 7) is 8.82. The Morgan fingerprint density at radius 2 is 1.15 bits per heavy atom. The van der Waals surface area contributed by atoms with Crippen LogP contribution in [0.4, 0.5) is 0 Å². The van der Waals surface area contributed by atoms with E-state index in [1.807, 2.05) is 51.1 Å². The van der Waals surface area contributed by atoms with Gasteiger partial charge >= 0.3 is 0 Å². The van der Waals surface area contributed by atoms with Gasteiger partial charge in [0.2, 0.25) is 0 Å². The molecular weight excluding hydrogens is 496 g/mol. The number of pyridine rings is 3. The predicted molar refractivity (Wildman–Crippen MR) is 150 cm³/mol. The number of aromatic nitrogens is 3. The lowest BCUT2D eigenvalue weighted by Crippen LogP contribution is -2.13. The Balaban J connectivity index is 0.000000295. The van der Waals surface area contributed by atoms with Crippen LogP contribution in [0.5, 0.6) is 0 Å². The molecule has 2 unspecified atom stereocenters. The number of nitrogens with zero attached hydrogens (tertiary/aromatic N) is 3. The van der Waals surface area contributed by atoms with Gasteiger partial charge in [-0.2, -0.15) is 0 Å². The molecule has 39 heavy (non-hydrogen) atoms. The van der Waals surface area contributed by atoms with E-state index in [4.69, 9.17) is 5.73 Å². The number of ketones is 3. The summed E-state index contributed by atoms with van der Waals surface area (Å²) < 4.78 is 0. The molecule has 4 N–H and O–H groups in total. The quantitative estimate of drug-likeness (QED) is 0.324. The minimum atomic E-state index is -0.630. The number of aryl methyl sites for hydroxylation is 3. The number of carbonyl (C=O) groups is 3. The zero-order chi connectivity index (χ0) is 29.4. The largest absolute Gasteiger partial charge is 0.387 e. The molecule has 2 atom stereocenters. The molecule has 3 aromatic heterocycles. The van der Waals surface area contributed by atoms with Crippen LogP contribution in [0.15, 0.2) is 54.6 Å². The molecule has 0 aliphatic heterocycles. The minimum Gasteiger partial charge on any atom is -0.387 e. The van der Waals surface area contributed by atoms with E-state index in [0.29, 0.717) is 36.3 Å². The summed E-state index contributed by atoms with van der Waals surface area (Å²) >= 11 is 0. The van der Waals surface area contributed by atoms with E-state index in [9.17, 15) is 24.6 Å². The molecule has 0 aromatic carbocycles. The second-order valence-corrected chi connectivity index (χ2v) is 9.21. The van der Waals surface area contributed by atoms with E-state index in [2.05, 4.69) is 15.0 Å². The second kappa shape index (κ2) is 17.8. The Bertz CT molecular complexity index is 1220. The molecule has 9 nitrogen and oxygen atoms in total. The van der Waals surface area contributed by atoms with E-state index in [1.165, 1.54) is 13.8 Å². The van der Waals surface area contributed by atoms with Crippen LogP contribution in [0.1, 0.15) is 90.7 Å². The van der Waals surface area contributed by atoms with Crippen LogP contribution in [-0.4, -0.2) is 49.1 Å². The molecule has 0 spiro atoms. The summed E-state index contributed by atoms with van der Waals surface area (Å²) in [5, 5.41) is 18.9. The zero-order valence-electron chi connectivity index (χ0n) is 23.4. The zero-order valence-corrected chi connectivity index (χ0v) is 23.4. The monoisotopic (exact) mass is 536 g/mol. The summed E-state index contributed by atoms with van der Waals surface area (Å²) in [5.41, 5.74) is 9.60. The van der Waals surface area contributed by atoms with E-state index < -0.39 is 12.2 Å². The molecule has 0 aliphatic rings. The highest BCUT2D eigenvalue weighted by Gasteiger charge is 2.10. The minimum absolute atomic E-state index is 0.0333. The van der Waals surface area contributed by atoms with Crippen molar-refractivity contribution in [3.63, 3.8) is 0 Å². The summed E-state index contributed by atoms with van der Waals surface area (Å²) in [4.78, 5) is 45.3. The van der Waals surface area contributed by atoms with Crippen molar-refractivity contribution in [2.75, 3.05) is 6.54 Å². The maximum atomic E-state index is 11.5. The van der Waals surface area contributed by atoms with E-state index >= 15 is 0 Å². The first-order valence-corrected chi connectivity index (χ1v) is 12.8. The van der Waals surface area contributed by atoms with Crippen molar-refractivity contribution in [2.24, 2.45) is 5.73 Å². The fourth-order valence-corrected chi connectivity index (χ4v) is 3.22. The lowest BCUT2D eigenvalue weighted by atomic mass is 10.1. The molecule has 0 aliphatic carbocycles. The highest BCUT2D eigenvalue weighted by molar-refractivity contribution is 5.96. The van der Waals surface area contributed by atoms with Crippen molar-refractivity contribution in [2.45, 2.75) is 72.5 Å². The Hall–Kier alpha value is -3.66. The van der Waals surface area contributed by atoms with Crippen LogP contribution in [0.3, 0.4) is 0 Å². The molecule has 9 heteroatoms. The lowest BCUT2D eigenvalue weighted by molar-refractivity contribution is -0.118. The highest BCUT2D eigenvalue weighted by Crippen LogP contribution is 2.16. The standard InChI is InChI=1S/C11H15NO2.C11H13NO2.C8H12N2O/c2*1-8-4-3-5-10(12-8)11(14)7-6-9(2)13;1-6-3-2-4-7(10-6)8(11)5-9/h3-5,11,14H,6-7H2,1-2H3;3-5H,6-7H2,1-2H3;2-4,8,11H,5,9H2,1H3. The first kappa shape index (κ1) is 33.4. The topological polar surface area (TPSA) is 156 Å². The Kier molecular flexibility index (Phi) is 15.2. The van der Waals surface area contributed by atoms with Gasteiger partial charge in [0, 0.05) is 42.9 Å². The molecule has 0 amide bonds. The van der Waals surface area contributed by atoms with Gasteiger partial charge in [-0.3, -0.25) is 19.7 Å². The maximum absolute atomic E-state index is 11.5. The molecule has 0 bridgehead atoms. The number of hydrogen-bond acceptors (Lipinski definition) is 9. The van der Waals surface area contributed by atoms with E-state index in [0.717, 1.165) is 17.1 Å². The van der Waals surface area contributed by atoms with Crippen LogP contribution in [0, 0.1) is 20.8 Å². The molecule has 0 saturated carbocycles. The van der Waals surface area contributed by atoms with Crippen molar-refractivity contribution in [1.29, 1.82) is 0 Å². The third-order valence-electron chi connectivity index (χ3n) is 5.37. The van der Waals surface area contributed by atoms with Crippen LogP contribution < -0.4 is 5.73 Å². The number of hydrogen-bond donors (Lipinski definition) is 3. The predicted octanol–water partition coefficient (Wildman–Crippen LogP) is 4.12. The molecule has 3 aromatic rings. The maximum Gasteiger partial charge on any atom is 0.181 e. The van der Waals surface area contributed by atoms with Gasteiger partial charge in [0.25, 0.3) is 0 Å². The number of aliphatic hydroxyl groups excluding tert-OH is 2. The van der Waals surface area contributed by atoms with Crippen LogP contribution >= 0.6 is 0 Å². The number of carbonyl (C=O) groups excluding carboxylic acids is 3. The SMILES string of the molecule is CC(=O)CCC(=O)c1cccc(C)n1.CC(=O)CCC(O)c1cccc(C)n1.Cc1cccc(C(O)CN)n1. The van der Waals surface area contributed by atoms with Crippen molar-refractivity contribution in [1.82, 2.24) is 15.0 Å². The van der Waals surface area contributed by atoms with Gasteiger partial charge in [-0.05, 0) is 77.4 Å². The Labute approximate surface area is 230 Å². The summed E-state index contributed by atoms with van der Waals surface area (Å²) in [6.07, 6.45) is 0.150. The smallest absolute Gasteiger partial charge is 0.181 e. The molecule has 0 radical (unpaired) electrons. The lowest BCUT2D eigenvalue weighted by Gasteiger charge is -2.08. The van der Waals surface area contributed by atoms with E-state index in [-0.39, 0.29) is 30.3 Å². The van der Waals surface area contributed by atoms with Gasteiger partial charge in [0.1, 0.15) is 23.4 Å². The number of nitrogens with two attached hydrogens (primary N) is 1. The summed E-state index contributed by atoms with van der Waals surface area (Å²) in [6, 6.07) is 16.3. The van der Waals surface area contributed by atoms with Crippen LogP contribution in [0.25, 0.3) is 0 Å². The average Bonchev–Trinajstić information content (AvgIpc) is 2.90. The fourth-order valence-electron chi connectivity index (χ4n) is 3.22. The highest BCUT2D eigenvalue weighted by atomic mass is 16.3. The molecule has 210 valence electrons. The number of Topliss-reactive ketones (excluding diaryl/α,β-unsaturated/α-hetero) is 3. The Morgan fingerprint density at radius 1 is 0.692 bits per heavy atom. The second-order valence-electron chi connectivity index (χ2n) is 9.21. The van der Waals surface area contributed by atoms with Gasteiger partial charge in [-0.15, -0.1) is 0 Å². The van der Waals surface area contributed by atoms with Gasteiger partial charge in [-0.1, -0.05) is 18.2 Å². The third-order valence-corrected chi connectivity index (χ3v) is 5.37. The van der Waals surface area contributed by atoms with Crippen molar-refractivity contribution in [3.05, 3.63) is 88.8 Å². The van der Waals surface area contributed by atoms with Gasteiger partial charge in [0.05, 0.1) is 17.5 Å². The van der Waals surface area contributed by atoms with Crippen molar-refractivity contribution in [3.8, 4) is 0 Å². The van der Waals surface area contributed by atoms with Gasteiger partial charge in [0.15, 0.2) is 5.78 Å². The summed E-state index contributed by atoms with van der Waals surface area (Å²) in [5.74, 6) is 0.0617. The van der Waals surface area contributed by atoms with Gasteiger partial charge < -0.3 is 25.5 Å². The molecule has 3 heterocycles. The fraction of sp³-hybridized carbons (Fsp3) is 0.400. The average molecular weight is 537 g/mol. The molecular formula is C30H40N4O5. The number of aliphatic hydroxyl groups is 2. The summed E-state index contributed by atoms with van der Waals surface area (Å²) in [7, 11) is 0. The van der Waals surface area contributed by atoms with Gasteiger partial charge in [-0.25, -0.2) is 0 Å². The molecule has 0 saturated heterocycles. The van der Waals surface area contributed by atoms with Crippen LogP contribution in [-0.2, 0) is 9.59 Å². The molecule has 0 fully saturated rings. The molecule has 3 rings (SSSR count). The third kappa shape index (κ3) is 14.2. The van der Waals surface area contributed by atoms with E-state index in [1.54, 1.807) is 24.3 Å². The first-order chi connectivity index (χ1) is 18.4. The first-order valence-electron chi connectivity index (χ1n) is 12.8. The van der Waals surface area contributed by atoms with Crippen molar-refractivity contribution >= 4 is 17.3 Å². The Morgan fingerprint density at radius 3 is 1.59 bits per heavy atom. The normalized spacial score (nSPS) is 11.7. The van der Waals surface area contributed by atoms with Crippen LogP contribution in [0.2, 0.25) is 0 Å².